The highest BCUT2D eigenvalue weighted by molar-refractivity contribution is 5.79. The Bertz CT molecular complexity index is 273. The van der Waals surface area contributed by atoms with Gasteiger partial charge in [-0.3, -0.25) is 9.89 Å². The Balaban J connectivity index is 1.48. The van der Waals surface area contributed by atoms with Gasteiger partial charge in [0.05, 0.1) is 13.2 Å². The molecule has 1 aliphatic carbocycles. The van der Waals surface area contributed by atoms with Crippen molar-refractivity contribution in [3.05, 3.63) is 0 Å². The van der Waals surface area contributed by atoms with Crippen LogP contribution in [0.15, 0.2) is 4.99 Å². The lowest BCUT2D eigenvalue weighted by Crippen LogP contribution is -2.44. The monoisotopic (exact) mass is 268 g/mol. The van der Waals surface area contributed by atoms with Crippen molar-refractivity contribution in [1.82, 2.24) is 15.5 Å². The Morgan fingerprint density at radius 2 is 1.95 bits per heavy atom. The van der Waals surface area contributed by atoms with Gasteiger partial charge >= 0.3 is 0 Å². The minimum atomic E-state index is 0.869. The van der Waals surface area contributed by atoms with E-state index < -0.39 is 0 Å². The number of hydrogen-bond donors (Lipinski definition) is 2. The van der Waals surface area contributed by atoms with Crippen molar-refractivity contribution in [3.8, 4) is 0 Å². The van der Waals surface area contributed by atoms with E-state index in [1.54, 1.807) is 0 Å². The number of hydrogen-bond acceptors (Lipinski definition) is 3. The molecular weight excluding hydrogens is 240 g/mol. The van der Waals surface area contributed by atoms with Crippen LogP contribution in [0.4, 0.5) is 0 Å². The van der Waals surface area contributed by atoms with E-state index >= 15 is 0 Å². The molecule has 1 saturated carbocycles. The third kappa shape index (κ3) is 6.25. The molecule has 0 spiro atoms. The van der Waals surface area contributed by atoms with Gasteiger partial charge in [0.2, 0.25) is 0 Å². The predicted molar refractivity (Wildman–Crippen MR) is 78.6 cm³/mol. The SMILES string of the molecule is CN=C(NCCCC1CC1)NCCN1CCOCC1. The van der Waals surface area contributed by atoms with Crippen LogP contribution in [0.2, 0.25) is 0 Å². The van der Waals surface area contributed by atoms with E-state index in [0.717, 1.165) is 57.8 Å². The topological polar surface area (TPSA) is 48.9 Å². The molecule has 2 N–H and O–H groups in total. The fourth-order valence-electron chi connectivity index (χ4n) is 2.38. The summed E-state index contributed by atoms with van der Waals surface area (Å²) in [5.41, 5.74) is 0. The van der Waals surface area contributed by atoms with E-state index in [4.69, 9.17) is 4.74 Å². The number of nitrogens with one attached hydrogen (secondary N) is 2. The Morgan fingerprint density at radius 1 is 1.21 bits per heavy atom. The third-order valence-corrected chi connectivity index (χ3v) is 3.83. The van der Waals surface area contributed by atoms with Gasteiger partial charge in [-0.25, -0.2) is 0 Å². The molecule has 2 rings (SSSR count). The number of morpholine rings is 1. The van der Waals surface area contributed by atoms with Crippen molar-refractivity contribution in [2.75, 3.05) is 53.0 Å². The van der Waals surface area contributed by atoms with Crippen molar-refractivity contribution in [2.24, 2.45) is 10.9 Å². The maximum atomic E-state index is 5.34. The average Bonchev–Trinajstić information content (AvgIpc) is 3.27. The number of ether oxygens (including phenoxy) is 1. The summed E-state index contributed by atoms with van der Waals surface area (Å²) in [6, 6.07) is 0. The second-order valence-corrected chi connectivity index (χ2v) is 5.47. The van der Waals surface area contributed by atoms with Crippen LogP contribution in [0, 0.1) is 5.92 Å². The zero-order valence-corrected chi connectivity index (χ0v) is 12.2. The summed E-state index contributed by atoms with van der Waals surface area (Å²) in [5.74, 6) is 1.96. The molecule has 5 heteroatoms. The minimum absolute atomic E-state index is 0.869. The molecule has 1 heterocycles. The molecule has 0 amide bonds. The molecule has 0 atom stereocenters. The summed E-state index contributed by atoms with van der Waals surface area (Å²) in [6.07, 6.45) is 5.53. The van der Waals surface area contributed by atoms with Gasteiger partial charge in [-0.15, -0.1) is 0 Å². The first-order chi connectivity index (χ1) is 9.38. The molecule has 0 unspecified atom stereocenters. The molecule has 0 aromatic carbocycles. The van der Waals surface area contributed by atoms with Crippen LogP contribution in [0.5, 0.6) is 0 Å². The van der Waals surface area contributed by atoms with Crippen LogP contribution in [0.3, 0.4) is 0 Å². The molecule has 2 fully saturated rings. The summed E-state index contributed by atoms with van der Waals surface area (Å²) in [6.45, 7) is 6.88. The van der Waals surface area contributed by atoms with Gasteiger partial charge in [-0.05, 0) is 18.8 Å². The zero-order chi connectivity index (χ0) is 13.3. The summed E-state index contributed by atoms with van der Waals surface area (Å²) in [4.78, 5) is 6.68. The molecule has 0 aromatic heterocycles. The van der Waals surface area contributed by atoms with Gasteiger partial charge in [0, 0.05) is 39.8 Å². The van der Waals surface area contributed by atoms with E-state index in [1.807, 2.05) is 7.05 Å². The number of guanidine groups is 1. The summed E-state index contributed by atoms with van der Waals surface area (Å²) in [7, 11) is 1.84. The molecule has 19 heavy (non-hydrogen) atoms. The van der Waals surface area contributed by atoms with Crippen molar-refractivity contribution in [1.29, 1.82) is 0 Å². The van der Waals surface area contributed by atoms with Crippen molar-refractivity contribution in [2.45, 2.75) is 25.7 Å². The van der Waals surface area contributed by atoms with Crippen LogP contribution in [0.1, 0.15) is 25.7 Å². The number of rotatable bonds is 7. The summed E-state index contributed by atoms with van der Waals surface area (Å²) in [5, 5.41) is 6.76. The number of aliphatic imine (C=N–C) groups is 1. The van der Waals surface area contributed by atoms with Crippen LogP contribution in [-0.2, 0) is 4.74 Å². The van der Waals surface area contributed by atoms with Crippen LogP contribution >= 0.6 is 0 Å². The van der Waals surface area contributed by atoms with Crippen LogP contribution in [-0.4, -0.2) is 63.8 Å². The third-order valence-electron chi connectivity index (χ3n) is 3.83. The average molecular weight is 268 g/mol. The highest BCUT2D eigenvalue weighted by Crippen LogP contribution is 2.33. The van der Waals surface area contributed by atoms with Crippen molar-refractivity contribution in [3.63, 3.8) is 0 Å². The molecule has 110 valence electrons. The van der Waals surface area contributed by atoms with Gasteiger partial charge in [-0.1, -0.05) is 12.8 Å². The van der Waals surface area contributed by atoms with Crippen LogP contribution in [0.25, 0.3) is 0 Å². The summed E-state index contributed by atoms with van der Waals surface area (Å²) < 4.78 is 5.34. The van der Waals surface area contributed by atoms with Gasteiger partial charge in [0.15, 0.2) is 5.96 Å². The molecule has 0 aromatic rings. The maximum absolute atomic E-state index is 5.34. The smallest absolute Gasteiger partial charge is 0.191 e. The Morgan fingerprint density at radius 3 is 2.63 bits per heavy atom. The molecule has 1 saturated heterocycles. The Hall–Kier alpha value is -0.810. The second-order valence-electron chi connectivity index (χ2n) is 5.47. The lowest BCUT2D eigenvalue weighted by Gasteiger charge is -2.26. The lowest BCUT2D eigenvalue weighted by molar-refractivity contribution is 0.0389. The Labute approximate surface area is 116 Å². The first kappa shape index (κ1) is 14.6. The first-order valence-electron chi connectivity index (χ1n) is 7.63. The number of nitrogens with zero attached hydrogens (tertiary/aromatic N) is 2. The Kier molecular flexibility index (Phi) is 6.44. The molecule has 0 bridgehead atoms. The first-order valence-corrected chi connectivity index (χ1v) is 7.63. The highest BCUT2D eigenvalue weighted by Gasteiger charge is 2.19. The largest absolute Gasteiger partial charge is 0.379 e. The van der Waals surface area contributed by atoms with Crippen molar-refractivity contribution >= 4 is 5.96 Å². The van der Waals surface area contributed by atoms with Gasteiger partial charge in [0.25, 0.3) is 0 Å². The minimum Gasteiger partial charge on any atom is -0.379 e. The highest BCUT2D eigenvalue weighted by atomic mass is 16.5. The molecule has 1 aliphatic heterocycles. The quantitative estimate of drug-likeness (QED) is 0.405. The molecule has 0 radical (unpaired) electrons. The zero-order valence-electron chi connectivity index (χ0n) is 12.2. The predicted octanol–water partition coefficient (Wildman–Crippen LogP) is 0.674. The van der Waals surface area contributed by atoms with E-state index in [0.29, 0.717) is 0 Å². The molecule has 2 aliphatic rings. The molecule has 5 nitrogen and oxygen atoms in total. The summed E-state index contributed by atoms with van der Waals surface area (Å²) >= 11 is 0. The second kappa shape index (κ2) is 8.38. The van der Waals surface area contributed by atoms with Gasteiger partial charge in [0.1, 0.15) is 0 Å². The van der Waals surface area contributed by atoms with Gasteiger partial charge < -0.3 is 15.4 Å². The van der Waals surface area contributed by atoms with Gasteiger partial charge in [-0.2, -0.15) is 0 Å². The maximum Gasteiger partial charge on any atom is 0.191 e. The van der Waals surface area contributed by atoms with E-state index in [2.05, 4.69) is 20.5 Å². The fraction of sp³-hybridized carbons (Fsp3) is 0.929. The fourth-order valence-corrected chi connectivity index (χ4v) is 2.38. The molecular formula is C14H28N4O. The van der Waals surface area contributed by atoms with E-state index in [-0.39, 0.29) is 0 Å². The van der Waals surface area contributed by atoms with E-state index in [1.165, 1.54) is 25.7 Å². The van der Waals surface area contributed by atoms with Crippen molar-refractivity contribution < 1.29 is 4.74 Å². The van der Waals surface area contributed by atoms with E-state index in [9.17, 15) is 0 Å². The standard InChI is InChI=1S/C14H28N4O/c1-15-14(16-6-2-3-13-4-5-13)17-7-8-18-9-11-19-12-10-18/h13H,2-12H2,1H3,(H2,15,16,17). The van der Waals surface area contributed by atoms with Crippen LogP contribution < -0.4 is 10.6 Å². The lowest BCUT2D eigenvalue weighted by atomic mass is 10.2. The normalized spacial score (nSPS) is 21.4.